The number of imidazole rings is 1. The van der Waals surface area contributed by atoms with Crippen molar-refractivity contribution in [1.82, 2.24) is 14.5 Å². The molecule has 1 saturated heterocycles. The van der Waals surface area contributed by atoms with Crippen LogP contribution in [0.4, 0.5) is 4.39 Å². The average molecular weight is 398 g/mol. The van der Waals surface area contributed by atoms with Gasteiger partial charge in [-0.2, -0.15) is 0 Å². The number of thioether (sulfide) groups is 1. The van der Waals surface area contributed by atoms with Crippen LogP contribution < -0.4 is 0 Å². The Hall–Kier alpha value is -2.34. The lowest BCUT2D eigenvalue weighted by Crippen LogP contribution is -2.41. The molecule has 0 bridgehead atoms. The summed E-state index contributed by atoms with van der Waals surface area (Å²) in [5, 5.41) is 0. The molecule has 1 unspecified atom stereocenters. The number of nitrogens with zero attached hydrogens (tertiary/aromatic N) is 3. The second-order valence-corrected chi connectivity index (χ2v) is 8.45. The molecule has 2 heterocycles. The molecule has 0 N–H and O–H groups in total. The third-order valence-corrected chi connectivity index (χ3v) is 6.27. The van der Waals surface area contributed by atoms with Crippen LogP contribution in [0.2, 0.25) is 0 Å². The molecule has 1 amide bonds. The number of carbonyl (C=O) groups is 1. The van der Waals surface area contributed by atoms with Crippen LogP contribution in [-0.2, 0) is 11.3 Å². The van der Waals surface area contributed by atoms with Crippen molar-refractivity contribution in [1.29, 1.82) is 0 Å². The standard InChI is InChI=1S/C22H24FN3OS/c23-18-7-9-19(10-8-18)28-13-11-22(27)25-12-3-4-17(14-25)15-26-16-24-20-5-1-2-6-21(20)26/h1-2,5-10,16-17H,3-4,11-15H2. The molecular formula is C22H24FN3OS. The summed E-state index contributed by atoms with van der Waals surface area (Å²) in [6, 6.07) is 14.6. The number of para-hydroxylation sites is 2. The number of hydrogen-bond donors (Lipinski definition) is 0. The monoisotopic (exact) mass is 397 g/mol. The SMILES string of the molecule is O=C(CCSc1ccc(F)cc1)N1CCCC(Cn2cnc3ccccc32)C1. The highest BCUT2D eigenvalue weighted by molar-refractivity contribution is 7.99. The van der Waals surface area contributed by atoms with E-state index in [1.54, 1.807) is 23.9 Å². The second-order valence-electron chi connectivity index (χ2n) is 7.29. The van der Waals surface area contributed by atoms with E-state index < -0.39 is 0 Å². The van der Waals surface area contributed by atoms with Gasteiger partial charge in [-0.25, -0.2) is 9.37 Å². The van der Waals surface area contributed by atoms with Gasteiger partial charge in [-0.1, -0.05) is 12.1 Å². The smallest absolute Gasteiger partial charge is 0.223 e. The minimum absolute atomic E-state index is 0.217. The normalized spacial score (nSPS) is 17.2. The van der Waals surface area contributed by atoms with E-state index in [9.17, 15) is 9.18 Å². The largest absolute Gasteiger partial charge is 0.342 e. The number of fused-ring (bicyclic) bond motifs is 1. The van der Waals surface area contributed by atoms with E-state index in [1.807, 2.05) is 29.4 Å². The molecular weight excluding hydrogens is 373 g/mol. The van der Waals surface area contributed by atoms with Crippen LogP contribution >= 0.6 is 11.8 Å². The van der Waals surface area contributed by atoms with E-state index >= 15 is 0 Å². The second kappa shape index (κ2) is 8.78. The molecule has 0 spiro atoms. The summed E-state index contributed by atoms with van der Waals surface area (Å²) in [6.45, 7) is 2.56. The molecule has 2 aromatic carbocycles. The molecule has 1 fully saturated rings. The summed E-state index contributed by atoms with van der Waals surface area (Å²) in [6.07, 6.45) is 4.61. The highest BCUT2D eigenvalue weighted by Crippen LogP contribution is 2.23. The highest BCUT2D eigenvalue weighted by atomic mass is 32.2. The fraction of sp³-hybridized carbons (Fsp3) is 0.364. The van der Waals surface area contributed by atoms with Crippen molar-refractivity contribution in [3.05, 3.63) is 60.7 Å². The minimum Gasteiger partial charge on any atom is -0.342 e. The van der Waals surface area contributed by atoms with Gasteiger partial charge in [-0.3, -0.25) is 4.79 Å². The van der Waals surface area contributed by atoms with Gasteiger partial charge in [0.05, 0.1) is 17.4 Å². The summed E-state index contributed by atoms with van der Waals surface area (Å²) in [4.78, 5) is 20.1. The first-order valence-corrected chi connectivity index (χ1v) is 10.7. The Labute approximate surface area is 168 Å². The predicted molar refractivity (Wildman–Crippen MR) is 111 cm³/mol. The number of piperidine rings is 1. The Morgan fingerprint density at radius 3 is 2.86 bits per heavy atom. The van der Waals surface area contributed by atoms with Crippen molar-refractivity contribution in [2.75, 3.05) is 18.8 Å². The molecule has 1 atom stereocenters. The van der Waals surface area contributed by atoms with Crippen molar-refractivity contribution in [2.45, 2.75) is 30.7 Å². The Bertz CT molecular complexity index is 940. The zero-order chi connectivity index (χ0) is 19.3. The molecule has 28 heavy (non-hydrogen) atoms. The maximum Gasteiger partial charge on any atom is 0.223 e. The number of halogens is 1. The lowest BCUT2D eigenvalue weighted by Gasteiger charge is -2.33. The van der Waals surface area contributed by atoms with E-state index in [1.165, 1.54) is 12.1 Å². The Morgan fingerprint density at radius 2 is 2.00 bits per heavy atom. The fourth-order valence-corrected chi connectivity index (χ4v) is 4.66. The van der Waals surface area contributed by atoms with E-state index in [2.05, 4.69) is 15.6 Å². The van der Waals surface area contributed by atoms with Gasteiger partial charge in [-0.05, 0) is 55.2 Å². The summed E-state index contributed by atoms with van der Waals surface area (Å²) in [5.41, 5.74) is 2.17. The summed E-state index contributed by atoms with van der Waals surface area (Å²) in [7, 11) is 0. The van der Waals surface area contributed by atoms with E-state index in [-0.39, 0.29) is 11.7 Å². The Kier molecular flexibility index (Phi) is 5.95. The van der Waals surface area contributed by atoms with Crippen LogP contribution in [0.15, 0.2) is 59.8 Å². The van der Waals surface area contributed by atoms with Gasteiger partial charge in [0.15, 0.2) is 0 Å². The van der Waals surface area contributed by atoms with Crippen molar-refractivity contribution in [3.8, 4) is 0 Å². The van der Waals surface area contributed by atoms with Gasteiger partial charge < -0.3 is 9.47 Å². The van der Waals surface area contributed by atoms with Crippen molar-refractivity contribution >= 4 is 28.7 Å². The Morgan fingerprint density at radius 1 is 1.18 bits per heavy atom. The molecule has 1 aliphatic rings. The third-order valence-electron chi connectivity index (χ3n) is 5.25. The molecule has 0 saturated carbocycles. The first-order valence-electron chi connectivity index (χ1n) is 9.75. The van der Waals surface area contributed by atoms with E-state index in [0.29, 0.717) is 12.3 Å². The molecule has 1 aromatic heterocycles. The lowest BCUT2D eigenvalue weighted by molar-refractivity contribution is -0.132. The molecule has 4 nitrogen and oxygen atoms in total. The zero-order valence-corrected chi connectivity index (χ0v) is 16.6. The molecule has 146 valence electrons. The minimum atomic E-state index is -0.231. The fourth-order valence-electron chi connectivity index (χ4n) is 3.82. The van der Waals surface area contributed by atoms with E-state index in [4.69, 9.17) is 0 Å². The topological polar surface area (TPSA) is 38.1 Å². The highest BCUT2D eigenvalue weighted by Gasteiger charge is 2.24. The molecule has 4 rings (SSSR count). The van der Waals surface area contributed by atoms with Crippen molar-refractivity contribution < 1.29 is 9.18 Å². The zero-order valence-electron chi connectivity index (χ0n) is 15.8. The van der Waals surface area contributed by atoms with Crippen molar-refractivity contribution in [2.24, 2.45) is 5.92 Å². The van der Waals surface area contributed by atoms with Crippen LogP contribution in [0.3, 0.4) is 0 Å². The van der Waals surface area contributed by atoms with Crippen LogP contribution in [-0.4, -0.2) is 39.2 Å². The molecule has 1 aliphatic heterocycles. The van der Waals surface area contributed by atoms with Crippen LogP contribution in [0, 0.1) is 11.7 Å². The number of carbonyl (C=O) groups excluding carboxylic acids is 1. The van der Waals surface area contributed by atoms with Gasteiger partial charge in [0.2, 0.25) is 5.91 Å². The van der Waals surface area contributed by atoms with Crippen LogP contribution in [0.5, 0.6) is 0 Å². The maximum atomic E-state index is 13.0. The van der Waals surface area contributed by atoms with E-state index in [0.717, 1.165) is 54.2 Å². The molecule has 6 heteroatoms. The predicted octanol–water partition coefficient (Wildman–Crippen LogP) is 4.60. The number of likely N-dealkylation sites (tertiary alicyclic amines) is 1. The van der Waals surface area contributed by atoms with Gasteiger partial charge in [0.25, 0.3) is 0 Å². The average Bonchev–Trinajstić information content (AvgIpc) is 3.12. The number of benzene rings is 2. The van der Waals surface area contributed by atoms with Gasteiger partial charge in [-0.15, -0.1) is 11.8 Å². The molecule has 0 aliphatic carbocycles. The molecule has 3 aromatic rings. The summed E-state index contributed by atoms with van der Waals surface area (Å²) >= 11 is 1.60. The summed E-state index contributed by atoms with van der Waals surface area (Å²) in [5.74, 6) is 1.16. The van der Waals surface area contributed by atoms with Gasteiger partial charge >= 0.3 is 0 Å². The number of rotatable bonds is 6. The quantitative estimate of drug-likeness (QED) is 0.571. The number of aromatic nitrogens is 2. The summed E-state index contributed by atoms with van der Waals surface area (Å²) < 4.78 is 15.2. The lowest BCUT2D eigenvalue weighted by atomic mass is 9.97. The van der Waals surface area contributed by atoms with Gasteiger partial charge in [0, 0.05) is 36.7 Å². The Balaban J connectivity index is 1.29. The molecule has 0 radical (unpaired) electrons. The number of hydrogen-bond acceptors (Lipinski definition) is 3. The maximum absolute atomic E-state index is 13.0. The van der Waals surface area contributed by atoms with Crippen LogP contribution in [0.1, 0.15) is 19.3 Å². The van der Waals surface area contributed by atoms with Crippen molar-refractivity contribution in [3.63, 3.8) is 0 Å². The third kappa shape index (κ3) is 4.55. The first-order chi connectivity index (χ1) is 13.7. The number of amides is 1. The van der Waals surface area contributed by atoms with Gasteiger partial charge in [0.1, 0.15) is 5.82 Å². The van der Waals surface area contributed by atoms with Crippen LogP contribution in [0.25, 0.3) is 11.0 Å². The first kappa shape index (κ1) is 19.0.